The Bertz CT molecular complexity index is 1210. The molecule has 170 valence electrons. The number of carbonyl (C=O) groups is 1. The number of amides is 1. The zero-order valence-electron chi connectivity index (χ0n) is 19.5. The number of imidazole rings is 1. The first-order chi connectivity index (χ1) is 16.0. The normalized spacial score (nSPS) is 11.0. The van der Waals surface area contributed by atoms with E-state index in [0.29, 0.717) is 18.7 Å². The van der Waals surface area contributed by atoms with E-state index < -0.39 is 0 Å². The van der Waals surface area contributed by atoms with Crippen LogP contribution in [0.5, 0.6) is 5.75 Å². The quantitative estimate of drug-likeness (QED) is 0.335. The van der Waals surface area contributed by atoms with Crippen molar-refractivity contribution in [2.45, 2.75) is 39.8 Å². The van der Waals surface area contributed by atoms with E-state index in [1.165, 1.54) is 11.1 Å². The molecule has 6 heteroatoms. The minimum atomic E-state index is -0.0660. The third-order valence-electron chi connectivity index (χ3n) is 5.80. The Morgan fingerprint density at radius 1 is 1.00 bits per heavy atom. The van der Waals surface area contributed by atoms with Gasteiger partial charge >= 0.3 is 0 Å². The van der Waals surface area contributed by atoms with Crippen LogP contribution in [-0.4, -0.2) is 39.0 Å². The maximum absolute atomic E-state index is 12.8. The first kappa shape index (κ1) is 22.5. The largest absolute Gasteiger partial charge is 0.493 e. The van der Waals surface area contributed by atoms with E-state index in [2.05, 4.69) is 47.7 Å². The van der Waals surface area contributed by atoms with E-state index in [-0.39, 0.29) is 5.91 Å². The zero-order valence-corrected chi connectivity index (χ0v) is 19.5. The molecular weight excluding hydrogens is 412 g/mol. The van der Waals surface area contributed by atoms with Crippen LogP contribution in [0.2, 0.25) is 0 Å². The van der Waals surface area contributed by atoms with E-state index in [0.717, 1.165) is 42.0 Å². The van der Waals surface area contributed by atoms with Crippen molar-refractivity contribution >= 4 is 16.9 Å². The molecule has 0 aliphatic heterocycles. The van der Waals surface area contributed by atoms with E-state index in [4.69, 9.17) is 9.72 Å². The molecule has 4 aromatic rings. The van der Waals surface area contributed by atoms with Crippen molar-refractivity contribution in [3.05, 3.63) is 89.5 Å². The molecule has 0 saturated carbocycles. The number of nitrogens with zero attached hydrogens (tertiary/aromatic N) is 4. The topological polar surface area (TPSA) is 60.2 Å². The van der Waals surface area contributed by atoms with Crippen LogP contribution in [0.3, 0.4) is 0 Å². The van der Waals surface area contributed by atoms with Gasteiger partial charge < -0.3 is 14.2 Å². The van der Waals surface area contributed by atoms with Crippen LogP contribution in [0.4, 0.5) is 0 Å². The summed E-state index contributed by atoms with van der Waals surface area (Å²) in [6, 6.07) is 17.9. The predicted molar refractivity (Wildman–Crippen MR) is 130 cm³/mol. The SMILES string of the molecule is Cc1cccc(C)c1OCCCCn1c(CN(C)C(=O)c2cccnc2)nc2ccccc21. The third kappa shape index (κ3) is 5.22. The molecule has 0 aliphatic carbocycles. The molecule has 0 atom stereocenters. The average Bonchev–Trinajstić information content (AvgIpc) is 3.17. The first-order valence-corrected chi connectivity index (χ1v) is 11.3. The van der Waals surface area contributed by atoms with Gasteiger partial charge in [-0.1, -0.05) is 30.3 Å². The molecule has 0 N–H and O–H groups in total. The van der Waals surface area contributed by atoms with Gasteiger partial charge in [0, 0.05) is 26.0 Å². The number of carbonyl (C=O) groups excluding carboxylic acids is 1. The highest BCUT2D eigenvalue weighted by atomic mass is 16.5. The molecule has 4 rings (SSSR count). The second kappa shape index (κ2) is 10.3. The third-order valence-corrected chi connectivity index (χ3v) is 5.80. The number of pyridine rings is 1. The fourth-order valence-electron chi connectivity index (χ4n) is 4.06. The molecule has 0 saturated heterocycles. The summed E-state index contributed by atoms with van der Waals surface area (Å²) in [6.45, 7) is 6.08. The number of para-hydroxylation sites is 3. The van der Waals surface area contributed by atoms with Crippen molar-refractivity contribution in [3.63, 3.8) is 0 Å². The van der Waals surface area contributed by atoms with Gasteiger partial charge in [-0.3, -0.25) is 9.78 Å². The molecule has 33 heavy (non-hydrogen) atoms. The highest BCUT2D eigenvalue weighted by Crippen LogP contribution is 2.23. The van der Waals surface area contributed by atoms with E-state index in [9.17, 15) is 4.79 Å². The van der Waals surface area contributed by atoms with Gasteiger partial charge in [-0.2, -0.15) is 0 Å². The Kier molecular flexibility index (Phi) is 7.03. The summed E-state index contributed by atoms with van der Waals surface area (Å²) in [6.07, 6.45) is 5.15. The van der Waals surface area contributed by atoms with Gasteiger partial charge in [0.15, 0.2) is 0 Å². The minimum Gasteiger partial charge on any atom is -0.493 e. The molecule has 2 aromatic carbocycles. The number of rotatable bonds is 9. The molecule has 0 unspecified atom stereocenters. The van der Waals surface area contributed by atoms with Gasteiger partial charge in [0.1, 0.15) is 11.6 Å². The number of ether oxygens (including phenoxy) is 1. The molecule has 0 radical (unpaired) electrons. The standard InChI is InChI=1S/C27H30N4O2/c1-20-10-8-11-21(2)26(20)33-17-7-6-16-31-24-14-5-4-13-23(24)29-25(31)19-30(3)27(32)22-12-9-15-28-18-22/h4-5,8-15,18H,6-7,16-17,19H2,1-3H3. The Morgan fingerprint density at radius 2 is 1.79 bits per heavy atom. The molecule has 2 heterocycles. The second-order valence-corrected chi connectivity index (χ2v) is 8.35. The van der Waals surface area contributed by atoms with Crippen molar-refractivity contribution in [3.8, 4) is 5.75 Å². The highest BCUT2D eigenvalue weighted by Gasteiger charge is 2.17. The fourth-order valence-corrected chi connectivity index (χ4v) is 4.06. The van der Waals surface area contributed by atoms with E-state index >= 15 is 0 Å². The number of hydrogen-bond donors (Lipinski definition) is 0. The molecule has 1 amide bonds. The smallest absolute Gasteiger partial charge is 0.255 e. The van der Waals surface area contributed by atoms with Gasteiger partial charge in [-0.15, -0.1) is 0 Å². The van der Waals surface area contributed by atoms with Gasteiger partial charge in [0.25, 0.3) is 5.91 Å². The van der Waals surface area contributed by atoms with Gasteiger partial charge in [0.05, 0.1) is 29.7 Å². The lowest BCUT2D eigenvalue weighted by atomic mass is 10.1. The van der Waals surface area contributed by atoms with Crippen LogP contribution < -0.4 is 4.74 Å². The van der Waals surface area contributed by atoms with Crippen LogP contribution in [-0.2, 0) is 13.1 Å². The molecule has 0 bridgehead atoms. The predicted octanol–water partition coefficient (Wildman–Crippen LogP) is 5.18. The Labute approximate surface area is 194 Å². The van der Waals surface area contributed by atoms with Crippen molar-refractivity contribution in [1.29, 1.82) is 0 Å². The maximum atomic E-state index is 12.8. The fraction of sp³-hybridized carbons (Fsp3) is 0.296. The number of aryl methyl sites for hydroxylation is 3. The van der Waals surface area contributed by atoms with E-state index in [1.54, 1.807) is 36.5 Å². The van der Waals surface area contributed by atoms with Crippen molar-refractivity contribution < 1.29 is 9.53 Å². The van der Waals surface area contributed by atoms with Crippen molar-refractivity contribution in [2.75, 3.05) is 13.7 Å². The summed E-state index contributed by atoms with van der Waals surface area (Å²) < 4.78 is 8.29. The Hall–Kier alpha value is -3.67. The Morgan fingerprint density at radius 3 is 2.55 bits per heavy atom. The van der Waals surface area contributed by atoms with Crippen LogP contribution in [0.1, 0.15) is 40.2 Å². The number of aromatic nitrogens is 3. The molecule has 0 aliphatic rings. The lowest BCUT2D eigenvalue weighted by Gasteiger charge is -2.18. The summed E-state index contributed by atoms with van der Waals surface area (Å²) in [5.41, 5.74) is 4.94. The van der Waals surface area contributed by atoms with Gasteiger partial charge in [-0.05, 0) is 62.1 Å². The van der Waals surface area contributed by atoms with Gasteiger partial charge in [0.2, 0.25) is 0 Å². The zero-order chi connectivity index (χ0) is 23.2. The van der Waals surface area contributed by atoms with Crippen LogP contribution in [0.15, 0.2) is 67.0 Å². The molecule has 0 spiro atoms. The second-order valence-electron chi connectivity index (χ2n) is 8.35. The number of unbranched alkanes of at least 4 members (excludes halogenated alkanes) is 1. The summed E-state index contributed by atoms with van der Waals surface area (Å²) in [4.78, 5) is 23.4. The van der Waals surface area contributed by atoms with Crippen LogP contribution in [0.25, 0.3) is 11.0 Å². The summed E-state index contributed by atoms with van der Waals surface area (Å²) in [5, 5.41) is 0. The monoisotopic (exact) mass is 442 g/mol. The molecular formula is C27H30N4O2. The van der Waals surface area contributed by atoms with Crippen molar-refractivity contribution in [1.82, 2.24) is 19.4 Å². The molecule has 2 aromatic heterocycles. The number of hydrogen-bond acceptors (Lipinski definition) is 4. The molecule has 6 nitrogen and oxygen atoms in total. The molecule has 0 fully saturated rings. The lowest BCUT2D eigenvalue weighted by molar-refractivity contribution is 0.0779. The van der Waals surface area contributed by atoms with Crippen LogP contribution in [0, 0.1) is 13.8 Å². The minimum absolute atomic E-state index is 0.0660. The first-order valence-electron chi connectivity index (χ1n) is 11.3. The summed E-state index contributed by atoms with van der Waals surface area (Å²) in [5.74, 6) is 1.80. The van der Waals surface area contributed by atoms with Crippen molar-refractivity contribution in [2.24, 2.45) is 0 Å². The Balaban J connectivity index is 1.42. The maximum Gasteiger partial charge on any atom is 0.255 e. The average molecular weight is 443 g/mol. The van der Waals surface area contributed by atoms with Crippen LogP contribution >= 0.6 is 0 Å². The highest BCUT2D eigenvalue weighted by molar-refractivity contribution is 5.93. The summed E-state index contributed by atoms with van der Waals surface area (Å²) >= 11 is 0. The number of benzene rings is 2. The summed E-state index contributed by atoms with van der Waals surface area (Å²) in [7, 11) is 1.80. The van der Waals surface area contributed by atoms with E-state index in [1.807, 2.05) is 18.2 Å². The van der Waals surface area contributed by atoms with Gasteiger partial charge in [-0.25, -0.2) is 4.98 Å². The lowest BCUT2D eigenvalue weighted by Crippen LogP contribution is -2.28. The number of fused-ring (bicyclic) bond motifs is 1.